The second-order valence-electron chi connectivity index (χ2n) is 5.77. The fraction of sp³-hybridized carbons (Fsp3) is 0.444. The van der Waals surface area contributed by atoms with Crippen molar-refractivity contribution in [2.75, 3.05) is 0 Å². The molecule has 4 nitrogen and oxygen atoms in total. The van der Waals surface area contributed by atoms with Crippen LogP contribution in [0, 0.1) is 11.8 Å². The summed E-state index contributed by atoms with van der Waals surface area (Å²) in [5.74, 6) is -1.75. The number of carbonyl (C=O) groups is 4. The number of hydrogen-bond acceptors (Lipinski definition) is 4. The predicted molar refractivity (Wildman–Crippen MR) is 83.6 cm³/mol. The van der Waals surface area contributed by atoms with Crippen LogP contribution in [0.25, 0.3) is 0 Å². The maximum atomic E-state index is 11.5. The molecule has 0 spiro atoms. The quantitative estimate of drug-likeness (QED) is 0.691. The molecule has 0 amide bonds. The highest BCUT2D eigenvalue weighted by Crippen LogP contribution is 2.16. The lowest BCUT2D eigenvalue weighted by molar-refractivity contribution is -0.131. The van der Waals surface area contributed by atoms with Crippen LogP contribution in [0.1, 0.15) is 38.8 Å². The Kier molecular flexibility index (Phi) is 6.35. The Balaban J connectivity index is 2.82. The summed E-state index contributed by atoms with van der Waals surface area (Å²) in [6.45, 7) is 5.69. The fourth-order valence-corrected chi connectivity index (χ4v) is 2.43. The van der Waals surface area contributed by atoms with Crippen molar-refractivity contribution < 1.29 is 19.2 Å². The van der Waals surface area contributed by atoms with Crippen molar-refractivity contribution in [1.29, 1.82) is 0 Å². The summed E-state index contributed by atoms with van der Waals surface area (Å²) in [6.07, 6.45) is 0.765. The summed E-state index contributed by atoms with van der Waals surface area (Å²) >= 11 is 0. The molecule has 1 rings (SSSR count). The summed E-state index contributed by atoms with van der Waals surface area (Å²) < 4.78 is 0. The van der Waals surface area contributed by atoms with Crippen molar-refractivity contribution >= 4 is 23.1 Å². The van der Waals surface area contributed by atoms with Gasteiger partial charge in [-0.15, -0.1) is 0 Å². The van der Waals surface area contributed by atoms with E-state index >= 15 is 0 Å². The molecular weight excluding hydrogens is 280 g/mol. The average Bonchev–Trinajstić information content (AvgIpc) is 2.42. The maximum absolute atomic E-state index is 11.5. The van der Waals surface area contributed by atoms with Crippen LogP contribution in [0.3, 0.4) is 0 Å². The Morgan fingerprint density at radius 1 is 0.636 bits per heavy atom. The first kappa shape index (κ1) is 18.0. The van der Waals surface area contributed by atoms with Crippen LogP contribution in [-0.4, -0.2) is 23.1 Å². The highest BCUT2D eigenvalue weighted by molar-refractivity contribution is 6.01. The first-order valence-electron chi connectivity index (χ1n) is 7.32. The van der Waals surface area contributed by atoms with Crippen LogP contribution in [-0.2, 0) is 32.0 Å². The van der Waals surface area contributed by atoms with E-state index in [0.717, 1.165) is 11.1 Å². The number of benzene rings is 1. The van der Waals surface area contributed by atoms with E-state index in [9.17, 15) is 19.2 Å². The van der Waals surface area contributed by atoms with Crippen molar-refractivity contribution in [1.82, 2.24) is 0 Å². The molecular formula is C18H22O4. The highest BCUT2D eigenvalue weighted by atomic mass is 16.2. The molecule has 22 heavy (non-hydrogen) atoms. The molecule has 0 aliphatic carbocycles. The summed E-state index contributed by atoms with van der Waals surface area (Å²) in [4.78, 5) is 45.8. The van der Waals surface area contributed by atoms with E-state index in [-0.39, 0.29) is 23.1 Å². The van der Waals surface area contributed by atoms with Gasteiger partial charge >= 0.3 is 0 Å². The first-order chi connectivity index (χ1) is 10.2. The van der Waals surface area contributed by atoms with Gasteiger partial charge < -0.3 is 0 Å². The Morgan fingerprint density at radius 2 is 0.864 bits per heavy atom. The zero-order chi connectivity index (χ0) is 16.9. The molecule has 0 heterocycles. The normalized spacial score (nSPS) is 10.8. The van der Waals surface area contributed by atoms with Gasteiger partial charge in [0.05, 0.1) is 11.8 Å². The van der Waals surface area contributed by atoms with Crippen LogP contribution >= 0.6 is 0 Å². The molecule has 0 fully saturated rings. The summed E-state index contributed by atoms with van der Waals surface area (Å²) in [5, 5.41) is 0. The fourth-order valence-electron chi connectivity index (χ4n) is 2.43. The second kappa shape index (κ2) is 7.78. The third-order valence-corrected chi connectivity index (χ3v) is 3.87. The van der Waals surface area contributed by atoms with E-state index in [1.807, 2.05) is 24.3 Å². The Hall–Kier alpha value is -2.10. The monoisotopic (exact) mass is 302 g/mol. The molecule has 0 atom stereocenters. The predicted octanol–water partition coefficient (Wildman–Crippen LogP) is 2.36. The standard InChI is InChI=1S/C18H22O4/c1-11(19)17(12(2)20)9-15-5-7-16(8-6-15)10-18(13(3)21)14(4)22/h5-8,17-18H,9-10H2,1-4H3. The number of rotatable bonds is 8. The molecule has 0 N–H and O–H groups in total. The third-order valence-electron chi connectivity index (χ3n) is 3.87. The minimum Gasteiger partial charge on any atom is -0.299 e. The second-order valence-corrected chi connectivity index (χ2v) is 5.77. The topological polar surface area (TPSA) is 68.3 Å². The molecule has 0 aliphatic heterocycles. The lowest BCUT2D eigenvalue weighted by atomic mass is 9.90. The highest BCUT2D eigenvalue weighted by Gasteiger charge is 2.21. The minimum atomic E-state index is -0.604. The third kappa shape index (κ3) is 5.02. The molecule has 1 aromatic carbocycles. The molecule has 118 valence electrons. The van der Waals surface area contributed by atoms with E-state index in [1.165, 1.54) is 27.7 Å². The van der Waals surface area contributed by atoms with Crippen molar-refractivity contribution in [3.05, 3.63) is 35.4 Å². The molecule has 0 aliphatic rings. The van der Waals surface area contributed by atoms with Crippen LogP contribution < -0.4 is 0 Å². The Labute approximate surface area is 130 Å². The van der Waals surface area contributed by atoms with E-state index in [0.29, 0.717) is 12.8 Å². The summed E-state index contributed by atoms with van der Waals surface area (Å²) in [5.41, 5.74) is 1.78. The minimum absolute atomic E-state index is 0.134. The van der Waals surface area contributed by atoms with Gasteiger partial charge in [-0.3, -0.25) is 19.2 Å². The van der Waals surface area contributed by atoms with Crippen LogP contribution in [0.5, 0.6) is 0 Å². The molecule has 0 aromatic heterocycles. The molecule has 1 aromatic rings. The number of hydrogen-bond donors (Lipinski definition) is 0. The molecule has 0 radical (unpaired) electrons. The van der Waals surface area contributed by atoms with E-state index in [1.54, 1.807) is 0 Å². The molecule has 0 bridgehead atoms. The maximum Gasteiger partial charge on any atom is 0.140 e. The van der Waals surface area contributed by atoms with E-state index < -0.39 is 11.8 Å². The van der Waals surface area contributed by atoms with Gasteiger partial charge in [-0.2, -0.15) is 0 Å². The zero-order valence-electron chi connectivity index (χ0n) is 13.5. The van der Waals surface area contributed by atoms with E-state index in [4.69, 9.17) is 0 Å². The molecule has 0 saturated carbocycles. The van der Waals surface area contributed by atoms with Crippen molar-refractivity contribution in [2.45, 2.75) is 40.5 Å². The average molecular weight is 302 g/mol. The number of ketones is 4. The number of carbonyl (C=O) groups excluding carboxylic acids is 4. The van der Waals surface area contributed by atoms with E-state index in [2.05, 4.69) is 0 Å². The van der Waals surface area contributed by atoms with Gasteiger partial charge in [0.25, 0.3) is 0 Å². The molecule has 0 unspecified atom stereocenters. The van der Waals surface area contributed by atoms with Gasteiger partial charge in [-0.25, -0.2) is 0 Å². The summed E-state index contributed by atoms with van der Waals surface area (Å²) in [6, 6.07) is 7.36. The van der Waals surface area contributed by atoms with Gasteiger partial charge in [0.2, 0.25) is 0 Å². The van der Waals surface area contributed by atoms with Gasteiger partial charge in [0, 0.05) is 0 Å². The van der Waals surface area contributed by atoms with Gasteiger partial charge in [-0.1, -0.05) is 24.3 Å². The molecule has 4 heteroatoms. The lowest BCUT2D eigenvalue weighted by Crippen LogP contribution is -2.22. The van der Waals surface area contributed by atoms with Crippen LogP contribution in [0.4, 0.5) is 0 Å². The lowest BCUT2D eigenvalue weighted by Gasteiger charge is -2.12. The zero-order valence-corrected chi connectivity index (χ0v) is 13.5. The van der Waals surface area contributed by atoms with Crippen LogP contribution in [0.2, 0.25) is 0 Å². The van der Waals surface area contributed by atoms with Crippen molar-refractivity contribution in [3.8, 4) is 0 Å². The SMILES string of the molecule is CC(=O)C(Cc1ccc(CC(C(C)=O)C(C)=O)cc1)C(C)=O. The largest absolute Gasteiger partial charge is 0.299 e. The smallest absolute Gasteiger partial charge is 0.140 e. The van der Waals surface area contributed by atoms with Crippen molar-refractivity contribution in [3.63, 3.8) is 0 Å². The first-order valence-corrected chi connectivity index (χ1v) is 7.32. The van der Waals surface area contributed by atoms with Crippen molar-refractivity contribution in [2.24, 2.45) is 11.8 Å². The van der Waals surface area contributed by atoms with Gasteiger partial charge in [-0.05, 0) is 51.7 Å². The Bertz CT molecular complexity index is 503. The molecule has 0 saturated heterocycles. The van der Waals surface area contributed by atoms with Crippen LogP contribution in [0.15, 0.2) is 24.3 Å². The van der Waals surface area contributed by atoms with Gasteiger partial charge in [0.1, 0.15) is 23.1 Å². The number of Topliss-reactive ketones (excluding diaryl/α,β-unsaturated/α-hetero) is 4. The summed E-state index contributed by atoms with van der Waals surface area (Å²) in [7, 11) is 0. The van der Waals surface area contributed by atoms with Gasteiger partial charge in [0.15, 0.2) is 0 Å². The Morgan fingerprint density at radius 3 is 1.05 bits per heavy atom.